The van der Waals surface area contributed by atoms with Crippen molar-refractivity contribution in [2.75, 3.05) is 19.6 Å². The molecule has 136 valence electrons. The Morgan fingerprint density at radius 1 is 1.38 bits per heavy atom. The Balaban J connectivity index is 0.00000288. The van der Waals surface area contributed by atoms with Crippen LogP contribution >= 0.6 is 12.4 Å². The van der Waals surface area contributed by atoms with Gasteiger partial charge in [-0.05, 0) is 63.9 Å². The molecule has 0 aliphatic carbocycles. The molecule has 0 spiro atoms. The lowest BCUT2D eigenvalue weighted by Gasteiger charge is -2.35. The number of hydrogen-bond donors (Lipinski definition) is 2. The lowest BCUT2D eigenvalue weighted by Crippen LogP contribution is -2.49. The van der Waals surface area contributed by atoms with Gasteiger partial charge in [-0.3, -0.25) is 4.79 Å². The largest absolute Gasteiger partial charge is 0.352 e. The first kappa shape index (κ1) is 20.9. The van der Waals surface area contributed by atoms with E-state index in [4.69, 9.17) is 5.73 Å². The normalized spacial score (nSPS) is 16.5. The molecule has 1 aromatic carbocycles. The summed E-state index contributed by atoms with van der Waals surface area (Å²) in [5.41, 5.74) is 7.26. The molecule has 0 radical (unpaired) electrons. The molecule has 1 aromatic rings. The van der Waals surface area contributed by atoms with Crippen LogP contribution < -0.4 is 11.1 Å². The van der Waals surface area contributed by atoms with Gasteiger partial charge in [0.25, 0.3) is 0 Å². The van der Waals surface area contributed by atoms with Crippen LogP contribution in [0.3, 0.4) is 0 Å². The maximum absolute atomic E-state index is 13.5. The van der Waals surface area contributed by atoms with Gasteiger partial charge in [-0.2, -0.15) is 0 Å². The molecule has 1 aliphatic rings. The van der Waals surface area contributed by atoms with Gasteiger partial charge in [0, 0.05) is 24.5 Å². The number of halogens is 2. The summed E-state index contributed by atoms with van der Waals surface area (Å²) in [6.45, 7) is 8.80. The second kappa shape index (κ2) is 8.79. The Hall–Kier alpha value is -1.17. The SMILES string of the molecule is Cc1ccc(CNC(=O)C2CCN(CC(C)(C)N)CC2)cc1F.Cl. The summed E-state index contributed by atoms with van der Waals surface area (Å²) in [5.74, 6) is -0.116. The number of nitrogens with two attached hydrogens (primary N) is 1. The number of carbonyl (C=O) groups excluding carboxylic acids is 1. The number of amides is 1. The number of hydrogen-bond acceptors (Lipinski definition) is 3. The molecule has 24 heavy (non-hydrogen) atoms. The minimum atomic E-state index is -0.227. The Kier molecular flexibility index (Phi) is 7.64. The average Bonchev–Trinajstić information content (AvgIpc) is 2.47. The van der Waals surface area contributed by atoms with Gasteiger partial charge in [0.05, 0.1) is 0 Å². The van der Waals surface area contributed by atoms with Crippen LogP contribution in [-0.2, 0) is 11.3 Å². The van der Waals surface area contributed by atoms with Crippen LogP contribution in [0.15, 0.2) is 18.2 Å². The highest BCUT2D eigenvalue weighted by Crippen LogP contribution is 2.19. The molecule has 1 saturated heterocycles. The van der Waals surface area contributed by atoms with Gasteiger partial charge in [0.15, 0.2) is 0 Å². The molecule has 3 N–H and O–H groups in total. The standard InChI is InChI=1S/C18H28FN3O.ClH/c1-13-4-5-14(10-16(13)19)11-21-17(23)15-6-8-22(9-7-15)12-18(2,3)20;/h4-5,10,15H,6-9,11-12,20H2,1-3H3,(H,21,23);1H. The third-order valence-electron chi connectivity index (χ3n) is 4.29. The fourth-order valence-corrected chi connectivity index (χ4v) is 3.01. The van der Waals surface area contributed by atoms with Gasteiger partial charge in [-0.15, -0.1) is 12.4 Å². The molecule has 1 fully saturated rings. The van der Waals surface area contributed by atoms with E-state index in [0.717, 1.165) is 38.0 Å². The number of carbonyl (C=O) groups is 1. The second-order valence-corrected chi connectivity index (χ2v) is 7.34. The number of nitrogens with zero attached hydrogens (tertiary/aromatic N) is 1. The predicted octanol–water partition coefficient (Wildman–Crippen LogP) is 2.62. The van der Waals surface area contributed by atoms with Gasteiger partial charge in [-0.1, -0.05) is 12.1 Å². The first-order chi connectivity index (χ1) is 10.7. The van der Waals surface area contributed by atoms with E-state index in [1.54, 1.807) is 13.0 Å². The van der Waals surface area contributed by atoms with Crippen molar-refractivity contribution in [3.05, 3.63) is 35.1 Å². The zero-order valence-corrected chi connectivity index (χ0v) is 15.6. The lowest BCUT2D eigenvalue weighted by atomic mass is 9.94. The first-order valence-electron chi connectivity index (χ1n) is 8.28. The van der Waals surface area contributed by atoms with Gasteiger partial charge in [0.2, 0.25) is 5.91 Å². The van der Waals surface area contributed by atoms with Gasteiger partial charge in [0.1, 0.15) is 5.82 Å². The molecule has 0 unspecified atom stereocenters. The number of benzene rings is 1. The van der Waals surface area contributed by atoms with E-state index in [9.17, 15) is 9.18 Å². The molecule has 6 heteroatoms. The summed E-state index contributed by atoms with van der Waals surface area (Å²) in [7, 11) is 0. The highest BCUT2D eigenvalue weighted by Gasteiger charge is 2.26. The molecule has 1 amide bonds. The van der Waals surface area contributed by atoms with Crippen LogP contribution in [-0.4, -0.2) is 36.0 Å². The topological polar surface area (TPSA) is 58.4 Å². The summed E-state index contributed by atoms with van der Waals surface area (Å²) in [6, 6.07) is 5.08. The Morgan fingerprint density at radius 2 is 2.00 bits per heavy atom. The number of aryl methyl sites for hydroxylation is 1. The van der Waals surface area contributed by atoms with Gasteiger partial charge >= 0.3 is 0 Å². The number of nitrogens with one attached hydrogen (secondary N) is 1. The van der Waals surface area contributed by atoms with E-state index in [2.05, 4.69) is 10.2 Å². The number of rotatable bonds is 5. The van der Waals surface area contributed by atoms with Crippen molar-refractivity contribution in [2.24, 2.45) is 11.7 Å². The Morgan fingerprint density at radius 3 is 2.54 bits per heavy atom. The second-order valence-electron chi connectivity index (χ2n) is 7.34. The fourth-order valence-electron chi connectivity index (χ4n) is 3.01. The first-order valence-corrected chi connectivity index (χ1v) is 8.28. The third-order valence-corrected chi connectivity index (χ3v) is 4.29. The maximum atomic E-state index is 13.5. The van der Waals surface area contributed by atoms with E-state index >= 15 is 0 Å². The summed E-state index contributed by atoms with van der Waals surface area (Å²) in [6.07, 6.45) is 1.70. The van der Waals surface area contributed by atoms with Crippen LogP contribution in [0, 0.1) is 18.7 Å². The molecule has 0 aromatic heterocycles. The molecule has 4 nitrogen and oxygen atoms in total. The molecule has 0 atom stereocenters. The molecular weight excluding hydrogens is 329 g/mol. The van der Waals surface area contributed by atoms with Crippen molar-refractivity contribution in [2.45, 2.75) is 45.7 Å². The zero-order valence-electron chi connectivity index (χ0n) is 14.8. The molecule has 0 saturated carbocycles. The van der Waals surface area contributed by atoms with Crippen LogP contribution in [0.1, 0.15) is 37.8 Å². The van der Waals surface area contributed by atoms with E-state index in [1.807, 2.05) is 19.9 Å². The smallest absolute Gasteiger partial charge is 0.223 e. The van der Waals surface area contributed by atoms with E-state index < -0.39 is 0 Å². The summed E-state index contributed by atoms with van der Waals surface area (Å²) < 4.78 is 13.5. The van der Waals surface area contributed by atoms with Crippen molar-refractivity contribution in [1.82, 2.24) is 10.2 Å². The van der Waals surface area contributed by atoms with Crippen molar-refractivity contribution < 1.29 is 9.18 Å². The van der Waals surface area contributed by atoms with Crippen LogP contribution in [0.5, 0.6) is 0 Å². The van der Waals surface area contributed by atoms with E-state index in [-0.39, 0.29) is 35.6 Å². The predicted molar refractivity (Wildman–Crippen MR) is 97.7 cm³/mol. The molecule has 2 rings (SSSR count). The van der Waals surface area contributed by atoms with E-state index in [1.165, 1.54) is 6.07 Å². The van der Waals surface area contributed by atoms with Crippen LogP contribution in [0.2, 0.25) is 0 Å². The van der Waals surface area contributed by atoms with Gasteiger partial charge < -0.3 is 16.0 Å². The quantitative estimate of drug-likeness (QED) is 0.851. The highest BCUT2D eigenvalue weighted by molar-refractivity contribution is 5.85. The van der Waals surface area contributed by atoms with Crippen molar-refractivity contribution in [3.63, 3.8) is 0 Å². The maximum Gasteiger partial charge on any atom is 0.223 e. The summed E-state index contributed by atoms with van der Waals surface area (Å²) in [5, 5.41) is 2.93. The van der Waals surface area contributed by atoms with Crippen molar-refractivity contribution >= 4 is 18.3 Å². The fraction of sp³-hybridized carbons (Fsp3) is 0.611. The number of likely N-dealkylation sites (tertiary alicyclic amines) is 1. The molecular formula is C18H29ClFN3O. The minimum absolute atomic E-state index is 0. The molecule has 0 bridgehead atoms. The van der Waals surface area contributed by atoms with Crippen molar-refractivity contribution in [3.8, 4) is 0 Å². The average molecular weight is 358 g/mol. The Bertz CT molecular complexity index is 552. The Labute approximate surface area is 150 Å². The molecule has 1 heterocycles. The zero-order chi connectivity index (χ0) is 17.0. The summed E-state index contributed by atoms with van der Waals surface area (Å²) >= 11 is 0. The van der Waals surface area contributed by atoms with Crippen molar-refractivity contribution in [1.29, 1.82) is 0 Å². The summed E-state index contributed by atoms with van der Waals surface area (Å²) in [4.78, 5) is 14.6. The number of piperidine rings is 1. The minimum Gasteiger partial charge on any atom is -0.352 e. The van der Waals surface area contributed by atoms with Gasteiger partial charge in [-0.25, -0.2) is 4.39 Å². The monoisotopic (exact) mass is 357 g/mol. The molecule has 1 aliphatic heterocycles. The third kappa shape index (κ3) is 6.38. The highest BCUT2D eigenvalue weighted by atomic mass is 35.5. The van der Waals surface area contributed by atoms with Crippen LogP contribution in [0.25, 0.3) is 0 Å². The van der Waals surface area contributed by atoms with Crippen LogP contribution in [0.4, 0.5) is 4.39 Å². The lowest BCUT2D eigenvalue weighted by molar-refractivity contribution is -0.126. The van der Waals surface area contributed by atoms with E-state index in [0.29, 0.717) is 12.1 Å².